The third-order valence-electron chi connectivity index (χ3n) is 4.85. The van der Waals surface area contributed by atoms with Crippen LogP contribution >= 0.6 is 11.3 Å². The van der Waals surface area contributed by atoms with Gasteiger partial charge in [-0.25, -0.2) is 8.42 Å². The molecule has 0 saturated heterocycles. The Morgan fingerprint density at radius 1 is 1.05 bits per heavy atom. The number of hydrogen-bond acceptors (Lipinski definition) is 10. The van der Waals surface area contributed by atoms with Crippen LogP contribution < -0.4 is 19.5 Å². The van der Waals surface area contributed by atoms with Crippen molar-refractivity contribution in [3.8, 4) is 23.3 Å². The number of rotatable bonds is 12. The minimum atomic E-state index is -3.55. The van der Waals surface area contributed by atoms with Crippen molar-refractivity contribution < 1.29 is 27.4 Å². The molecule has 0 aliphatic rings. The van der Waals surface area contributed by atoms with Crippen molar-refractivity contribution in [1.82, 2.24) is 10.2 Å². The van der Waals surface area contributed by atoms with Crippen LogP contribution in [0.1, 0.15) is 25.0 Å². The number of nitriles is 1. The normalized spacial score (nSPS) is 11.5. The molecular weight excluding hydrogens is 516 g/mol. The molecule has 0 fully saturated rings. The molecule has 0 radical (unpaired) electrons. The lowest BCUT2D eigenvalue weighted by molar-refractivity contribution is -0.112. The van der Waals surface area contributed by atoms with Crippen LogP contribution in [0.4, 0.5) is 5.13 Å². The Morgan fingerprint density at radius 2 is 1.78 bits per heavy atom. The molecule has 1 heterocycles. The monoisotopic (exact) mass is 542 g/mol. The highest BCUT2D eigenvalue weighted by Crippen LogP contribution is 2.30. The lowest BCUT2D eigenvalue weighted by atomic mass is 10.1. The molecule has 194 valence electrons. The standard InChI is InChI=1S/C25H26N4O6S2/c1-4-33-22-15-18(8-11-21(22)35-13-12-34-20-9-6-17(3)7-10-20)14-19(16-26)23(30)27-24-28-29-25(36-24)37(31,32)5-2/h6-11,14-15H,4-5,12-13H2,1-3H3,(H,27,28,30). The number of nitrogens with zero attached hydrogens (tertiary/aromatic N) is 3. The number of ether oxygens (including phenoxy) is 3. The predicted octanol–water partition coefficient (Wildman–Crippen LogP) is 4.04. The molecule has 0 spiro atoms. The van der Waals surface area contributed by atoms with Gasteiger partial charge in [-0.2, -0.15) is 5.26 Å². The summed E-state index contributed by atoms with van der Waals surface area (Å²) in [6.07, 6.45) is 1.38. The summed E-state index contributed by atoms with van der Waals surface area (Å²) in [7, 11) is -3.55. The van der Waals surface area contributed by atoms with Gasteiger partial charge in [0.1, 0.15) is 30.6 Å². The molecular formula is C25H26N4O6S2. The van der Waals surface area contributed by atoms with Crippen LogP contribution in [0.15, 0.2) is 52.4 Å². The van der Waals surface area contributed by atoms with Crippen molar-refractivity contribution in [1.29, 1.82) is 5.26 Å². The van der Waals surface area contributed by atoms with E-state index in [1.807, 2.05) is 44.2 Å². The summed E-state index contributed by atoms with van der Waals surface area (Å²) in [5, 5.41) is 19.2. The van der Waals surface area contributed by atoms with Gasteiger partial charge < -0.3 is 14.2 Å². The number of carbonyl (C=O) groups is 1. The zero-order chi connectivity index (χ0) is 26.8. The van der Waals surface area contributed by atoms with E-state index in [-0.39, 0.29) is 27.4 Å². The maximum Gasteiger partial charge on any atom is 0.268 e. The van der Waals surface area contributed by atoms with E-state index in [0.29, 0.717) is 30.3 Å². The number of nitrogens with one attached hydrogen (secondary N) is 1. The van der Waals surface area contributed by atoms with Gasteiger partial charge in [0.2, 0.25) is 19.3 Å². The Bertz CT molecular complexity index is 1410. The van der Waals surface area contributed by atoms with Crippen LogP contribution in [0, 0.1) is 18.3 Å². The fourth-order valence-electron chi connectivity index (χ4n) is 2.94. The average molecular weight is 543 g/mol. The van der Waals surface area contributed by atoms with Gasteiger partial charge in [0.05, 0.1) is 12.4 Å². The van der Waals surface area contributed by atoms with Gasteiger partial charge in [-0.3, -0.25) is 10.1 Å². The van der Waals surface area contributed by atoms with Crippen LogP contribution in [0.25, 0.3) is 6.08 Å². The summed E-state index contributed by atoms with van der Waals surface area (Å²) in [5.41, 5.74) is 1.47. The Labute approximate surface area is 219 Å². The lowest BCUT2D eigenvalue weighted by Gasteiger charge is -2.13. The second-order valence-corrected chi connectivity index (χ2v) is 11.0. The highest BCUT2D eigenvalue weighted by atomic mass is 32.2. The molecule has 0 bridgehead atoms. The first-order valence-corrected chi connectivity index (χ1v) is 13.8. The highest BCUT2D eigenvalue weighted by molar-refractivity contribution is 7.93. The molecule has 12 heteroatoms. The van der Waals surface area contributed by atoms with E-state index in [9.17, 15) is 18.5 Å². The molecule has 0 unspecified atom stereocenters. The van der Waals surface area contributed by atoms with E-state index in [2.05, 4.69) is 15.5 Å². The smallest absolute Gasteiger partial charge is 0.268 e. The average Bonchev–Trinajstić information content (AvgIpc) is 3.36. The maximum atomic E-state index is 12.6. The summed E-state index contributed by atoms with van der Waals surface area (Å²) < 4.78 is 40.8. The third-order valence-corrected chi connectivity index (χ3v) is 7.87. The Kier molecular flexibility index (Phi) is 9.59. The quantitative estimate of drug-likeness (QED) is 0.155. The fourth-order valence-corrected chi connectivity index (χ4v) is 4.92. The van der Waals surface area contributed by atoms with E-state index in [0.717, 1.165) is 22.6 Å². The van der Waals surface area contributed by atoms with E-state index in [1.165, 1.54) is 13.0 Å². The van der Waals surface area contributed by atoms with Crippen LogP contribution in [0.2, 0.25) is 0 Å². The summed E-state index contributed by atoms with van der Waals surface area (Å²) in [4.78, 5) is 12.6. The molecule has 10 nitrogen and oxygen atoms in total. The molecule has 37 heavy (non-hydrogen) atoms. The number of aryl methyl sites for hydroxylation is 1. The van der Waals surface area contributed by atoms with Gasteiger partial charge in [-0.15, -0.1) is 10.2 Å². The Hall–Kier alpha value is -3.95. The zero-order valence-corrected chi connectivity index (χ0v) is 22.2. The van der Waals surface area contributed by atoms with Gasteiger partial charge in [0.25, 0.3) is 5.91 Å². The summed E-state index contributed by atoms with van der Waals surface area (Å²) in [5.74, 6) is 0.806. The molecule has 0 saturated carbocycles. The maximum absolute atomic E-state index is 12.6. The van der Waals surface area contributed by atoms with Crippen molar-refractivity contribution >= 4 is 38.3 Å². The van der Waals surface area contributed by atoms with Crippen molar-refractivity contribution in [2.45, 2.75) is 25.1 Å². The van der Waals surface area contributed by atoms with Crippen LogP contribution in [0.5, 0.6) is 17.2 Å². The van der Waals surface area contributed by atoms with Crippen molar-refractivity contribution in [2.75, 3.05) is 30.9 Å². The topological polar surface area (TPSA) is 140 Å². The molecule has 1 amide bonds. The first-order valence-electron chi connectivity index (χ1n) is 11.3. The second-order valence-electron chi connectivity index (χ2n) is 7.55. The zero-order valence-electron chi connectivity index (χ0n) is 20.6. The number of carbonyl (C=O) groups excluding carboxylic acids is 1. The molecule has 3 aromatic rings. The SMILES string of the molecule is CCOc1cc(C=C(C#N)C(=O)Nc2nnc(S(=O)(=O)CC)s2)ccc1OCCOc1ccc(C)cc1. The Balaban J connectivity index is 1.67. The first kappa shape index (κ1) is 27.6. The highest BCUT2D eigenvalue weighted by Gasteiger charge is 2.20. The van der Waals surface area contributed by atoms with E-state index < -0.39 is 15.7 Å². The number of anilines is 1. The predicted molar refractivity (Wildman–Crippen MR) is 140 cm³/mol. The van der Waals surface area contributed by atoms with Crippen molar-refractivity contribution in [2.24, 2.45) is 0 Å². The lowest BCUT2D eigenvalue weighted by Crippen LogP contribution is -2.13. The van der Waals surface area contributed by atoms with Crippen LogP contribution in [-0.2, 0) is 14.6 Å². The van der Waals surface area contributed by atoms with Crippen LogP contribution in [0.3, 0.4) is 0 Å². The van der Waals surface area contributed by atoms with E-state index in [1.54, 1.807) is 18.2 Å². The molecule has 0 aliphatic carbocycles. The van der Waals surface area contributed by atoms with Gasteiger partial charge >= 0.3 is 0 Å². The van der Waals surface area contributed by atoms with Gasteiger partial charge in [0, 0.05) is 0 Å². The summed E-state index contributed by atoms with van der Waals surface area (Å²) in [6.45, 7) is 6.32. The number of aromatic nitrogens is 2. The minimum Gasteiger partial charge on any atom is -0.490 e. The summed E-state index contributed by atoms with van der Waals surface area (Å²) in [6, 6.07) is 14.6. The largest absolute Gasteiger partial charge is 0.490 e. The molecule has 1 aromatic heterocycles. The van der Waals surface area contributed by atoms with Gasteiger partial charge in [-0.05, 0) is 49.8 Å². The van der Waals surface area contributed by atoms with Crippen molar-refractivity contribution in [3.63, 3.8) is 0 Å². The third kappa shape index (κ3) is 7.77. The summed E-state index contributed by atoms with van der Waals surface area (Å²) >= 11 is 0.721. The van der Waals surface area contributed by atoms with Crippen LogP contribution in [-0.4, -0.2) is 50.1 Å². The number of benzene rings is 2. The number of amides is 1. The van der Waals surface area contributed by atoms with E-state index in [4.69, 9.17) is 14.2 Å². The fraction of sp³-hybridized carbons (Fsp3) is 0.280. The number of sulfone groups is 1. The molecule has 2 aromatic carbocycles. The van der Waals surface area contributed by atoms with Gasteiger partial charge in [0.15, 0.2) is 11.5 Å². The van der Waals surface area contributed by atoms with Gasteiger partial charge in [-0.1, -0.05) is 42.0 Å². The minimum absolute atomic E-state index is 0.0233. The molecule has 0 aliphatic heterocycles. The molecule has 3 rings (SSSR count). The van der Waals surface area contributed by atoms with Crippen molar-refractivity contribution in [3.05, 3.63) is 59.2 Å². The second kappa shape index (κ2) is 12.8. The first-order chi connectivity index (χ1) is 17.7. The Morgan fingerprint density at radius 3 is 2.46 bits per heavy atom. The number of hydrogen-bond donors (Lipinski definition) is 1. The van der Waals surface area contributed by atoms with E-state index >= 15 is 0 Å². The molecule has 1 N–H and O–H groups in total. The molecule has 0 atom stereocenters.